The number of carbonyl (C=O) groups excluding carboxylic acids is 2. The average Bonchev–Trinajstić information content (AvgIpc) is 3.14. The highest BCUT2D eigenvalue weighted by Gasteiger charge is 2.13. The van der Waals surface area contributed by atoms with Gasteiger partial charge in [0.15, 0.2) is 0 Å². The Morgan fingerprint density at radius 2 is 1.97 bits per heavy atom. The van der Waals surface area contributed by atoms with Crippen LogP contribution in [0, 0.1) is 0 Å². The van der Waals surface area contributed by atoms with Crippen molar-refractivity contribution in [1.29, 1.82) is 0 Å². The van der Waals surface area contributed by atoms with Crippen LogP contribution in [0.5, 0.6) is 5.75 Å². The molecule has 0 fully saturated rings. The van der Waals surface area contributed by atoms with E-state index in [2.05, 4.69) is 15.6 Å². The van der Waals surface area contributed by atoms with Crippen LogP contribution in [0.3, 0.4) is 0 Å². The molecule has 1 heterocycles. The van der Waals surface area contributed by atoms with Crippen LogP contribution in [0.15, 0.2) is 46.1 Å². The van der Waals surface area contributed by atoms with Crippen LogP contribution >= 0.6 is 46.3 Å². The number of carbonyl (C=O) groups is 2. The fraction of sp³-hybridized carbons (Fsp3) is 0.190. The topological polar surface area (TPSA) is 80.3 Å². The normalized spacial score (nSPS) is 10.6. The van der Waals surface area contributed by atoms with Crippen LogP contribution in [0.25, 0.3) is 0 Å². The zero-order chi connectivity index (χ0) is 22.4. The molecule has 1 aromatic heterocycles. The smallest absolute Gasteiger partial charge is 0.230 e. The van der Waals surface area contributed by atoms with Crippen LogP contribution in [0.2, 0.25) is 10.0 Å². The summed E-state index contributed by atoms with van der Waals surface area (Å²) in [6.07, 6.45) is 0.117. The Bertz CT molecular complexity index is 1110. The van der Waals surface area contributed by atoms with Gasteiger partial charge in [0, 0.05) is 33.8 Å². The molecule has 6 nitrogen and oxygen atoms in total. The van der Waals surface area contributed by atoms with E-state index < -0.39 is 0 Å². The van der Waals surface area contributed by atoms with Crippen LogP contribution in [0.1, 0.15) is 18.2 Å². The van der Waals surface area contributed by atoms with Crippen molar-refractivity contribution in [1.82, 2.24) is 4.98 Å². The minimum Gasteiger partial charge on any atom is -0.495 e. The summed E-state index contributed by atoms with van der Waals surface area (Å²) < 4.78 is 6.13. The maximum Gasteiger partial charge on any atom is 0.230 e. The predicted molar refractivity (Wildman–Crippen MR) is 128 cm³/mol. The number of thioether (sulfide) groups is 1. The first-order chi connectivity index (χ1) is 14.8. The van der Waals surface area contributed by atoms with E-state index in [9.17, 15) is 9.59 Å². The van der Waals surface area contributed by atoms with Gasteiger partial charge in [0.05, 0.1) is 24.9 Å². The third-order valence-electron chi connectivity index (χ3n) is 4.03. The highest BCUT2D eigenvalue weighted by atomic mass is 35.5. The van der Waals surface area contributed by atoms with E-state index in [1.165, 1.54) is 25.4 Å². The molecule has 0 aliphatic rings. The predicted octanol–water partition coefficient (Wildman–Crippen LogP) is 5.89. The molecule has 0 atom stereocenters. The number of ether oxygens (including phenoxy) is 1. The molecule has 0 aliphatic heterocycles. The van der Waals surface area contributed by atoms with E-state index in [0.717, 1.165) is 9.90 Å². The maximum atomic E-state index is 12.5. The lowest BCUT2D eigenvalue weighted by Crippen LogP contribution is -2.15. The molecule has 0 aliphatic carbocycles. The number of hydrogen-bond acceptors (Lipinski definition) is 6. The molecule has 0 saturated carbocycles. The van der Waals surface area contributed by atoms with E-state index >= 15 is 0 Å². The molecule has 31 heavy (non-hydrogen) atoms. The molecule has 0 radical (unpaired) electrons. The molecule has 3 aromatic rings. The Kier molecular flexibility index (Phi) is 8.20. The van der Waals surface area contributed by atoms with E-state index in [-0.39, 0.29) is 18.2 Å². The number of nitrogens with one attached hydrogen (secondary N) is 2. The highest BCUT2D eigenvalue weighted by Crippen LogP contribution is 2.31. The third kappa shape index (κ3) is 6.87. The average molecular weight is 496 g/mol. The fourth-order valence-electron chi connectivity index (χ4n) is 2.66. The number of nitrogens with zero attached hydrogens (tertiary/aromatic N) is 1. The quantitative estimate of drug-likeness (QED) is 0.380. The second kappa shape index (κ2) is 10.9. The van der Waals surface area contributed by atoms with E-state index in [1.54, 1.807) is 42.1 Å². The lowest BCUT2D eigenvalue weighted by Gasteiger charge is -2.12. The number of amides is 2. The van der Waals surface area contributed by atoms with Gasteiger partial charge in [0.1, 0.15) is 10.1 Å². The standard InChI is InChI=1S/C21H19Cl2N3O3S2/c1-12(27)24-15-5-6-19(29-2)18(8-15)26-20(28)9-16-11-31-21(25-16)30-10-13-3-4-14(22)7-17(13)23/h3-8,11H,9-10H2,1-2H3,(H,24,27)(H,26,28). The number of methoxy groups -OCH3 is 1. The van der Waals surface area contributed by atoms with Crippen molar-refractivity contribution in [3.63, 3.8) is 0 Å². The summed E-state index contributed by atoms with van der Waals surface area (Å²) in [7, 11) is 1.51. The Balaban J connectivity index is 1.60. The number of aromatic nitrogens is 1. The molecule has 2 aromatic carbocycles. The summed E-state index contributed by atoms with van der Waals surface area (Å²) >= 11 is 15.2. The van der Waals surface area contributed by atoms with Crippen molar-refractivity contribution < 1.29 is 14.3 Å². The largest absolute Gasteiger partial charge is 0.495 e. The molecule has 2 N–H and O–H groups in total. The van der Waals surface area contributed by atoms with Crippen molar-refractivity contribution in [2.24, 2.45) is 0 Å². The molecule has 0 spiro atoms. The molecule has 0 unspecified atom stereocenters. The first kappa shape index (κ1) is 23.4. The van der Waals surface area contributed by atoms with Gasteiger partial charge in [0.25, 0.3) is 0 Å². The number of rotatable bonds is 8. The monoisotopic (exact) mass is 495 g/mol. The van der Waals surface area contributed by atoms with Gasteiger partial charge in [-0.1, -0.05) is 41.0 Å². The van der Waals surface area contributed by atoms with Gasteiger partial charge < -0.3 is 15.4 Å². The summed E-state index contributed by atoms with van der Waals surface area (Å²) in [5.41, 5.74) is 2.68. The van der Waals surface area contributed by atoms with Crippen molar-refractivity contribution >= 4 is 69.5 Å². The van der Waals surface area contributed by atoms with Gasteiger partial charge in [-0.3, -0.25) is 9.59 Å². The van der Waals surface area contributed by atoms with Gasteiger partial charge in [0.2, 0.25) is 11.8 Å². The molecular weight excluding hydrogens is 477 g/mol. The van der Waals surface area contributed by atoms with Crippen molar-refractivity contribution in [3.05, 3.63) is 63.1 Å². The molecule has 3 rings (SSSR count). The number of thiazole rings is 1. The highest BCUT2D eigenvalue weighted by molar-refractivity contribution is 8.00. The summed E-state index contributed by atoms with van der Waals surface area (Å²) in [6.45, 7) is 1.42. The first-order valence-electron chi connectivity index (χ1n) is 9.10. The lowest BCUT2D eigenvalue weighted by atomic mass is 10.2. The Labute approximate surface area is 198 Å². The minimum atomic E-state index is -0.235. The summed E-state index contributed by atoms with van der Waals surface area (Å²) in [5.74, 6) is 0.718. The number of benzene rings is 2. The first-order valence-corrected chi connectivity index (χ1v) is 11.7. The van der Waals surface area contributed by atoms with Gasteiger partial charge in [-0.25, -0.2) is 4.98 Å². The molecule has 0 bridgehead atoms. The van der Waals surface area contributed by atoms with Crippen molar-refractivity contribution in [2.75, 3.05) is 17.7 Å². The Hall–Kier alpha value is -2.26. The van der Waals surface area contributed by atoms with Crippen LogP contribution in [-0.4, -0.2) is 23.9 Å². The van der Waals surface area contributed by atoms with E-state index in [1.807, 2.05) is 11.4 Å². The third-order valence-corrected chi connectivity index (χ3v) is 6.74. The summed E-state index contributed by atoms with van der Waals surface area (Å²) in [6, 6.07) is 10.4. The number of halogens is 2. The van der Waals surface area contributed by atoms with Gasteiger partial charge >= 0.3 is 0 Å². The maximum absolute atomic E-state index is 12.5. The summed E-state index contributed by atoms with van der Waals surface area (Å²) in [4.78, 5) is 28.3. The minimum absolute atomic E-state index is 0.117. The van der Waals surface area contributed by atoms with Gasteiger partial charge in [-0.2, -0.15) is 0 Å². The Morgan fingerprint density at radius 3 is 2.68 bits per heavy atom. The van der Waals surface area contributed by atoms with E-state index in [4.69, 9.17) is 27.9 Å². The zero-order valence-electron chi connectivity index (χ0n) is 16.7. The van der Waals surface area contributed by atoms with E-state index in [0.29, 0.717) is 38.6 Å². The molecule has 10 heteroatoms. The van der Waals surface area contributed by atoms with Crippen molar-refractivity contribution in [2.45, 2.75) is 23.4 Å². The van der Waals surface area contributed by atoms with Gasteiger partial charge in [-0.05, 0) is 35.9 Å². The number of hydrogen-bond donors (Lipinski definition) is 2. The molecule has 2 amide bonds. The number of anilines is 2. The van der Waals surface area contributed by atoms with Crippen LogP contribution in [0.4, 0.5) is 11.4 Å². The SMILES string of the molecule is COc1ccc(NC(C)=O)cc1NC(=O)Cc1csc(SCc2ccc(Cl)cc2Cl)n1. The second-order valence-electron chi connectivity index (χ2n) is 6.45. The van der Waals surface area contributed by atoms with Crippen molar-refractivity contribution in [3.8, 4) is 5.75 Å². The molecule has 162 valence electrons. The summed E-state index contributed by atoms with van der Waals surface area (Å²) in [5, 5.41) is 8.57. The Morgan fingerprint density at radius 1 is 1.16 bits per heavy atom. The molecule has 0 saturated heterocycles. The van der Waals surface area contributed by atoms with Gasteiger partial charge in [-0.15, -0.1) is 11.3 Å². The van der Waals surface area contributed by atoms with Crippen LogP contribution < -0.4 is 15.4 Å². The van der Waals surface area contributed by atoms with Crippen LogP contribution in [-0.2, 0) is 21.8 Å². The fourth-order valence-corrected chi connectivity index (χ4v) is 5.06. The lowest BCUT2D eigenvalue weighted by molar-refractivity contribution is -0.116. The zero-order valence-corrected chi connectivity index (χ0v) is 19.8. The molecular formula is C21H19Cl2N3O3S2. The second-order valence-corrected chi connectivity index (χ2v) is 9.37.